The van der Waals surface area contributed by atoms with Crippen molar-refractivity contribution in [3.63, 3.8) is 0 Å². The molecule has 1 rings (SSSR count). The summed E-state index contributed by atoms with van der Waals surface area (Å²) in [5.41, 5.74) is 0. The lowest BCUT2D eigenvalue weighted by Crippen LogP contribution is -2.29. The van der Waals surface area contributed by atoms with Gasteiger partial charge in [0.15, 0.2) is 0 Å². The van der Waals surface area contributed by atoms with E-state index in [0.717, 1.165) is 12.2 Å². The second-order valence-corrected chi connectivity index (χ2v) is 7.18. The molecule has 1 heterocycles. The summed E-state index contributed by atoms with van der Waals surface area (Å²) in [6, 6.07) is 5.15. The molecule has 0 aliphatic carbocycles. The minimum absolute atomic E-state index is 0.388. The van der Waals surface area contributed by atoms with Crippen LogP contribution >= 0.6 is 11.3 Å². The van der Waals surface area contributed by atoms with Crippen molar-refractivity contribution in [3.8, 4) is 0 Å². The monoisotopic (exact) mass is 259 g/mol. The first kappa shape index (κ1) is 13.9. The Kier molecular flexibility index (Phi) is 5.66. The molecule has 3 unspecified atom stereocenters. The Morgan fingerprint density at radius 3 is 2.62 bits per heavy atom. The zero-order valence-corrected chi connectivity index (χ0v) is 12.1. The van der Waals surface area contributed by atoms with E-state index in [-0.39, 0.29) is 0 Å². The number of thiophene rings is 1. The van der Waals surface area contributed by atoms with Crippen LogP contribution in [0.4, 0.5) is 0 Å². The summed E-state index contributed by atoms with van der Waals surface area (Å²) < 4.78 is 11.0. The van der Waals surface area contributed by atoms with Gasteiger partial charge < -0.3 is 5.32 Å². The molecule has 0 aromatic carbocycles. The summed E-state index contributed by atoms with van der Waals surface area (Å²) in [5, 5.41) is 3.54. The third kappa shape index (κ3) is 4.76. The van der Waals surface area contributed by atoms with Crippen LogP contribution in [0.15, 0.2) is 12.1 Å². The average molecular weight is 259 g/mol. The second-order valence-electron chi connectivity index (χ2n) is 4.30. The lowest BCUT2D eigenvalue weighted by Gasteiger charge is -2.18. The van der Waals surface area contributed by atoms with Crippen LogP contribution in [0.1, 0.15) is 36.1 Å². The molecule has 0 fully saturated rings. The van der Waals surface area contributed by atoms with Crippen molar-refractivity contribution in [2.75, 3.05) is 12.0 Å². The fourth-order valence-corrected chi connectivity index (χ4v) is 3.20. The van der Waals surface area contributed by atoms with Gasteiger partial charge in [0.05, 0.1) is 0 Å². The molecule has 0 aliphatic rings. The molecule has 1 N–H and O–H groups in total. The second kappa shape index (κ2) is 6.52. The Balaban J connectivity index is 2.39. The molecule has 0 aliphatic heterocycles. The Morgan fingerprint density at radius 2 is 2.12 bits per heavy atom. The molecule has 0 saturated carbocycles. The number of hydrogen-bond donors (Lipinski definition) is 1. The van der Waals surface area contributed by atoms with Crippen LogP contribution in [0.3, 0.4) is 0 Å². The van der Waals surface area contributed by atoms with Crippen molar-refractivity contribution in [1.82, 2.24) is 5.32 Å². The van der Waals surface area contributed by atoms with E-state index < -0.39 is 10.8 Å². The predicted octanol–water partition coefficient (Wildman–Crippen LogP) is 2.86. The molecular weight excluding hydrogens is 238 g/mol. The van der Waals surface area contributed by atoms with Crippen LogP contribution in [-0.4, -0.2) is 22.3 Å². The smallest absolute Gasteiger partial charge is 0.0388 e. The molecule has 1 aromatic heterocycles. The van der Waals surface area contributed by atoms with Gasteiger partial charge >= 0.3 is 0 Å². The molecule has 0 spiro atoms. The van der Waals surface area contributed by atoms with Crippen LogP contribution in [0.25, 0.3) is 0 Å². The maximum Gasteiger partial charge on any atom is 0.0388 e. The van der Waals surface area contributed by atoms with Gasteiger partial charge in [-0.2, -0.15) is 0 Å². The van der Waals surface area contributed by atoms with E-state index in [4.69, 9.17) is 0 Å². The lowest BCUT2D eigenvalue weighted by molar-refractivity contribution is 0.475. The van der Waals surface area contributed by atoms with E-state index in [1.54, 1.807) is 6.26 Å². The molecule has 0 amide bonds. The highest BCUT2D eigenvalue weighted by molar-refractivity contribution is 7.84. The quantitative estimate of drug-likeness (QED) is 0.851. The van der Waals surface area contributed by atoms with Gasteiger partial charge in [-0.3, -0.25) is 4.21 Å². The van der Waals surface area contributed by atoms with Crippen molar-refractivity contribution >= 4 is 22.1 Å². The molecule has 4 heteroatoms. The lowest BCUT2D eigenvalue weighted by atomic mass is 10.2. The first-order valence-electron chi connectivity index (χ1n) is 5.61. The van der Waals surface area contributed by atoms with E-state index in [2.05, 4.69) is 38.2 Å². The highest BCUT2D eigenvalue weighted by Crippen LogP contribution is 2.22. The SMILES string of the molecule is Cc1ccc(C(C)NC(C)CCS(C)=O)s1. The number of aryl methyl sites for hydroxylation is 1. The van der Waals surface area contributed by atoms with Crippen LogP contribution in [0.2, 0.25) is 0 Å². The standard InChI is InChI=1S/C12H21NOS2/c1-9(7-8-16(4)14)13-11(3)12-6-5-10(2)15-12/h5-6,9,11,13H,7-8H2,1-4H3. The average Bonchev–Trinajstić information content (AvgIpc) is 2.62. The zero-order valence-electron chi connectivity index (χ0n) is 10.4. The fourth-order valence-electron chi connectivity index (χ4n) is 1.62. The van der Waals surface area contributed by atoms with Gasteiger partial charge in [-0.1, -0.05) is 0 Å². The summed E-state index contributed by atoms with van der Waals surface area (Å²) in [6.45, 7) is 6.47. The van der Waals surface area contributed by atoms with Gasteiger partial charge in [0.1, 0.15) is 0 Å². The van der Waals surface area contributed by atoms with Gasteiger partial charge in [0.2, 0.25) is 0 Å². The zero-order chi connectivity index (χ0) is 12.1. The van der Waals surface area contributed by atoms with Crippen molar-refractivity contribution in [3.05, 3.63) is 21.9 Å². The molecule has 1 aromatic rings. The molecule has 3 atom stereocenters. The minimum atomic E-state index is -0.679. The van der Waals surface area contributed by atoms with Crippen LogP contribution < -0.4 is 5.32 Å². The van der Waals surface area contributed by atoms with E-state index in [1.807, 2.05) is 11.3 Å². The largest absolute Gasteiger partial charge is 0.307 e. The van der Waals surface area contributed by atoms with E-state index in [9.17, 15) is 4.21 Å². The molecule has 16 heavy (non-hydrogen) atoms. The highest BCUT2D eigenvalue weighted by atomic mass is 32.2. The molecular formula is C12H21NOS2. The van der Waals surface area contributed by atoms with Crippen LogP contribution in [0, 0.1) is 6.92 Å². The van der Waals surface area contributed by atoms with E-state index in [0.29, 0.717) is 12.1 Å². The summed E-state index contributed by atoms with van der Waals surface area (Å²) in [4.78, 5) is 2.73. The topological polar surface area (TPSA) is 29.1 Å². The summed E-state index contributed by atoms with van der Waals surface area (Å²) >= 11 is 1.84. The molecule has 0 radical (unpaired) electrons. The Labute approximate surface area is 105 Å². The van der Waals surface area contributed by atoms with Crippen molar-refractivity contribution < 1.29 is 4.21 Å². The third-order valence-electron chi connectivity index (χ3n) is 2.56. The molecule has 0 saturated heterocycles. The van der Waals surface area contributed by atoms with Gasteiger partial charge in [-0.15, -0.1) is 11.3 Å². The van der Waals surface area contributed by atoms with Crippen molar-refractivity contribution in [1.29, 1.82) is 0 Å². The summed E-state index contributed by atoms with van der Waals surface area (Å²) in [7, 11) is -0.679. The summed E-state index contributed by atoms with van der Waals surface area (Å²) in [5.74, 6) is 0.782. The Hall–Kier alpha value is -0.190. The maximum absolute atomic E-state index is 11.0. The van der Waals surface area contributed by atoms with Gasteiger partial charge in [0.25, 0.3) is 0 Å². The summed E-state index contributed by atoms with van der Waals surface area (Å²) in [6.07, 6.45) is 2.73. The third-order valence-corrected chi connectivity index (χ3v) is 4.55. The van der Waals surface area contributed by atoms with Crippen LogP contribution in [0.5, 0.6) is 0 Å². The number of nitrogens with one attached hydrogen (secondary N) is 1. The first-order chi connectivity index (χ1) is 7.49. The van der Waals surface area contributed by atoms with Gasteiger partial charge in [-0.05, 0) is 39.3 Å². The number of hydrogen-bond acceptors (Lipinski definition) is 3. The normalized spacial score (nSPS) is 17.0. The first-order valence-corrected chi connectivity index (χ1v) is 8.16. The molecule has 2 nitrogen and oxygen atoms in total. The maximum atomic E-state index is 11.0. The van der Waals surface area contributed by atoms with Gasteiger partial charge in [-0.25, -0.2) is 0 Å². The molecule has 0 bridgehead atoms. The van der Waals surface area contributed by atoms with Crippen molar-refractivity contribution in [2.24, 2.45) is 0 Å². The molecule has 92 valence electrons. The van der Waals surface area contributed by atoms with Crippen molar-refractivity contribution in [2.45, 2.75) is 39.3 Å². The Bertz CT molecular complexity index is 349. The van der Waals surface area contributed by atoms with E-state index >= 15 is 0 Å². The number of rotatable bonds is 6. The minimum Gasteiger partial charge on any atom is -0.307 e. The van der Waals surface area contributed by atoms with E-state index in [1.165, 1.54) is 9.75 Å². The highest BCUT2D eigenvalue weighted by Gasteiger charge is 2.11. The fraction of sp³-hybridized carbons (Fsp3) is 0.667. The predicted molar refractivity (Wildman–Crippen MR) is 73.6 cm³/mol. The van der Waals surface area contributed by atoms with Crippen LogP contribution in [-0.2, 0) is 10.8 Å². The Morgan fingerprint density at radius 1 is 1.44 bits per heavy atom. The van der Waals surface area contributed by atoms with Gasteiger partial charge in [0, 0.05) is 44.6 Å².